The molecule has 0 atom stereocenters. The van der Waals surface area contributed by atoms with Crippen LogP contribution in [0.4, 0.5) is 5.69 Å². The van der Waals surface area contributed by atoms with E-state index >= 15 is 0 Å². The summed E-state index contributed by atoms with van der Waals surface area (Å²) >= 11 is 0. The van der Waals surface area contributed by atoms with Crippen LogP contribution in [-0.2, 0) is 16.6 Å². The topological polar surface area (TPSA) is 73.7 Å². The third kappa shape index (κ3) is 2.29. The number of rotatable bonds is 4. The van der Waals surface area contributed by atoms with Crippen LogP contribution in [-0.4, -0.2) is 38.5 Å². The first-order valence-corrected chi connectivity index (χ1v) is 8.37. The second kappa shape index (κ2) is 5.53. The summed E-state index contributed by atoms with van der Waals surface area (Å²) in [5, 5.41) is 4.21. The first-order valence-electron chi connectivity index (χ1n) is 6.93. The van der Waals surface area contributed by atoms with Crippen molar-refractivity contribution in [2.45, 2.75) is 18.5 Å². The van der Waals surface area contributed by atoms with Gasteiger partial charge < -0.3 is 9.47 Å². The Morgan fingerprint density at radius 3 is 2.91 bits per heavy atom. The van der Waals surface area contributed by atoms with Gasteiger partial charge in [0.15, 0.2) is 5.03 Å². The minimum Gasteiger partial charge on any atom is -0.497 e. The summed E-state index contributed by atoms with van der Waals surface area (Å²) in [7, 11) is -2.16. The predicted molar refractivity (Wildman–Crippen MR) is 80.9 cm³/mol. The molecule has 3 rings (SSSR count). The maximum Gasteiger partial charge on any atom is 0.281 e. The number of aryl methyl sites for hydroxylation is 1. The SMILES string of the molecule is CCn1nccc1S(=O)(=O)N1CCOc2ccc(OC)cc21. The van der Waals surface area contributed by atoms with E-state index in [1.165, 1.54) is 28.4 Å². The molecule has 0 bridgehead atoms. The molecule has 0 radical (unpaired) electrons. The van der Waals surface area contributed by atoms with Crippen molar-refractivity contribution < 1.29 is 17.9 Å². The highest BCUT2D eigenvalue weighted by atomic mass is 32.2. The van der Waals surface area contributed by atoms with Crippen LogP contribution in [0.1, 0.15) is 6.92 Å². The van der Waals surface area contributed by atoms with Gasteiger partial charge in [-0.2, -0.15) is 13.5 Å². The molecule has 1 aromatic heterocycles. The highest BCUT2D eigenvalue weighted by molar-refractivity contribution is 7.92. The highest BCUT2D eigenvalue weighted by Crippen LogP contribution is 2.37. The van der Waals surface area contributed by atoms with E-state index in [4.69, 9.17) is 9.47 Å². The maximum atomic E-state index is 13.0. The molecule has 1 aliphatic heterocycles. The lowest BCUT2D eigenvalue weighted by atomic mass is 10.2. The fourth-order valence-electron chi connectivity index (χ4n) is 2.44. The Hall–Kier alpha value is -2.22. The molecule has 0 saturated heterocycles. The number of nitrogens with zero attached hydrogens (tertiary/aromatic N) is 3. The largest absolute Gasteiger partial charge is 0.497 e. The molecule has 2 heterocycles. The van der Waals surface area contributed by atoms with Crippen LogP contribution < -0.4 is 13.8 Å². The number of sulfonamides is 1. The van der Waals surface area contributed by atoms with E-state index in [1.807, 2.05) is 6.92 Å². The van der Waals surface area contributed by atoms with E-state index in [0.29, 0.717) is 30.3 Å². The molecule has 1 aromatic carbocycles. The molecule has 0 N–H and O–H groups in total. The number of fused-ring (bicyclic) bond motifs is 1. The summed E-state index contributed by atoms with van der Waals surface area (Å²) in [5.41, 5.74) is 0.481. The van der Waals surface area contributed by atoms with Gasteiger partial charge in [0.1, 0.15) is 18.1 Å². The maximum absolute atomic E-state index is 13.0. The molecular formula is C14H17N3O4S. The highest BCUT2D eigenvalue weighted by Gasteiger charge is 2.32. The Labute approximate surface area is 129 Å². The Kier molecular flexibility index (Phi) is 3.69. The van der Waals surface area contributed by atoms with Gasteiger partial charge in [-0.1, -0.05) is 0 Å². The van der Waals surface area contributed by atoms with Gasteiger partial charge >= 0.3 is 0 Å². The van der Waals surface area contributed by atoms with Gasteiger partial charge in [-0.05, 0) is 25.1 Å². The Morgan fingerprint density at radius 2 is 2.18 bits per heavy atom. The van der Waals surface area contributed by atoms with Crippen molar-refractivity contribution in [3.8, 4) is 11.5 Å². The number of aromatic nitrogens is 2. The smallest absolute Gasteiger partial charge is 0.281 e. The van der Waals surface area contributed by atoms with Crippen LogP contribution >= 0.6 is 0 Å². The lowest BCUT2D eigenvalue weighted by molar-refractivity contribution is 0.314. The lowest BCUT2D eigenvalue weighted by Crippen LogP contribution is -2.38. The summed E-state index contributed by atoms with van der Waals surface area (Å²) in [4.78, 5) is 0. The second-order valence-corrected chi connectivity index (χ2v) is 6.55. The first kappa shape index (κ1) is 14.7. The molecule has 0 fully saturated rings. The van der Waals surface area contributed by atoms with Crippen molar-refractivity contribution in [1.82, 2.24) is 9.78 Å². The van der Waals surface area contributed by atoms with E-state index in [-0.39, 0.29) is 11.6 Å². The predicted octanol–water partition coefficient (Wildman–Crippen LogP) is 1.50. The van der Waals surface area contributed by atoms with E-state index in [9.17, 15) is 8.42 Å². The van der Waals surface area contributed by atoms with Crippen molar-refractivity contribution in [1.29, 1.82) is 0 Å². The van der Waals surface area contributed by atoms with E-state index in [1.54, 1.807) is 18.2 Å². The molecular weight excluding hydrogens is 306 g/mol. The average molecular weight is 323 g/mol. The van der Waals surface area contributed by atoms with Crippen molar-refractivity contribution in [2.75, 3.05) is 24.6 Å². The van der Waals surface area contributed by atoms with E-state index in [0.717, 1.165) is 0 Å². The minimum atomic E-state index is -3.70. The van der Waals surface area contributed by atoms with Crippen LogP contribution in [0.25, 0.3) is 0 Å². The molecule has 0 unspecified atom stereocenters. The lowest BCUT2D eigenvalue weighted by Gasteiger charge is -2.30. The van der Waals surface area contributed by atoms with Gasteiger partial charge in [-0.15, -0.1) is 0 Å². The van der Waals surface area contributed by atoms with Crippen LogP contribution in [0, 0.1) is 0 Å². The number of hydrogen-bond donors (Lipinski definition) is 0. The molecule has 0 spiro atoms. The Balaban J connectivity index is 2.10. The number of hydrogen-bond acceptors (Lipinski definition) is 5. The normalized spacial score (nSPS) is 14.4. The molecule has 0 amide bonds. The summed E-state index contributed by atoms with van der Waals surface area (Å²) in [6, 6.07) is 6.63. The molecule has 118 valence electrons. The molecule has 2 aromatic rings. The van der Waals surface area contributed by atoms with Gasteiger partial charge in [0, 0.05) is 12.6 Å². The molecule has 1 aliphatic rings. The fourth-order valence-corrected chi connectivity index (χ4v) is 4.06. The summed E-state index contributed by atoms with van der Waals surface area (Å²) in [5.74, 6) is 1.10. The molecule has 0 saturated carbocycles. The minimum absolute atomic E-state index is 0.172. The first-order chi connectivity index (χ1) is 10.6. The van der Waals surface area contributed by atoms with Crippen molar-refractivity contribution >= 4 is 15.7 Å². The number of benzene rings is 1. The van der Waals surface area contributed by atoms with Crippen molar-refractivity contribution in [3.63, 3.8) is 0 Å². The summed E-state index contributed by atoms with van der Waals surface area (Å²) in [6.45, 7) is 2.88. The Morgan fingerprint density at radius 1 is 1.36 bits per heavy atom. The van der Waals surface area contributed by atoms with E-state index in [2.05, 4.69) is 5.10 Å². The molecule has 7 nitrogen and oxygen atoms in total. The number of anilines is 1. The van der Waals surface area contributed by atoms with Gasteiger partial charge in [0.05, 0.1) is 25.5 Å². The summed E-state index contributed by atoms with van der Waals surface area (Å²) < 4.78 is 39.4. The standard InChI is InChI=1S/C14H17N3O4S/c1-3-16-14(6-7-15-16)22(18,19)17-8-9-21-13-5-4-11(20-2)10-12(13)17/h4-7,10H,3,8-9H2,1-2H3. The summed E-state index contributed by atoms with van der Waals surface area (Å²) in [6.07, 6.45) is 1.49. The zero-order valence-electron chi connectivity index (χ0n) is 12.4. The van der Waals surface area contributed by atoms with Gasteiger partial charge in [0.25, 0.3) is 10.0 Å². The second-order valence-electron chi connectivity index (χ2n) is 4.74. The zero-order chi connectivity index (χ0) is 15.7. The van der Waals surface area contributed by atoms with Crippen LogP contribution in [0.15, 0.2) is 35.5 Å². The zero-order valence-corrected chi connectivity index (χ0v) is 13.2. The third-order valence-corrected chi connectivity index (χ3v) is 5.35. The van der Waals surface area contributed by atoms with Crippen LogP contribution in [0.2, 0.25) is 0 Å². The third-order valence-electron chi connectivity index (χ3n) is 3.52. The fraction of sp³-hybridized carbons (Fsp3) is 0.357. The monoisotopic (exact) mass is 323 g/mol. The van der Waals surface area contributed by atoms with Crippen LogP contribution in [0.5, 0.6) is 11.5 Å². The number of ether oxygens (including phenoxy) is 2. The number of methoxy groups -OCH3 is 1. The molecule has 0 aliphatic carbocycles. The van der Waals surface area contributed by atoms with E-state index < -0.39 is 10.0 Å². The molecule has 8 heteroatoms. The Bertz CT molecular complexity index is 785. The quantitative estimate of drug-likeness (QED) is 0.852. The van der Waals surface area contributed by atoms with Crippen molar-refractivity contribution in [2.24, 2.45) is 0 Å². The average Bonchev–Trinajstić information content (AvgIpc) is 3.03. The van der Waals surface area contributed by atoms with Gasteiger partial charge in [-0.3, -0.25) is 8.99 Å². The van der Waals surface area contributed by atoms with Crippen LogP contribution in [0.3, 0.4) is 0 Å². The van der Waals surface area contributed by atoms with Gasteiger partial charge in [-0.25, -0.2) is 0 Å². The van der Waals surface area contributed by atoms with Crippen molar-refractivity contribution in [3.05, 3.63) is 30.5 Å². The van der Waals surface area contributed by atoms with Gasteiger partial charge in [0.2, 0.25) is 0 Å². The molecule has 22 heavy (non-hydrogen) atoms.